The van der Waals surface area contributed by atoms with Crippen LogP contribution in [0.1, 0.15) is 104 Å². The molecule has 0 saturated heterocycles. The van der Waals surface area contributed by atoms with Crippen molar-refractivity contribution in [3.8, 4) is 0 Å². The lowest BCUT2D eigenvalue weighted by Gasteiger charge is -2.23. The Bertz CT molecular complexity index is 477. The fraction of sp³-hybridized carbons (Fsp3) is 0.957. The molecule has 0 aliphatic rings. The van der Waals surface area contributed by atoms with Gasteiger partial charge in [-0.1, -0.05) is 90.9 Å². The minimum atomic E-state index is -4.29. The summed E-state index contributed by atoms with van der Waals surface area (Å²) in [5.74, 6) is 0.184. The van der Waals surface area contributed by atoms with Gasteiger partial charge in [-0.2, -0.15) is 0 Å². The van der Waals surface area contributed by atoms with Crippen molar-refractivity contribution < 1.29 is 27.8 Å². The molecule has 0 amide bonds. The molecule has 0 radical (unpaired) electrons. The fourth-order valence-electron chi connectivity index (χ4n) is 3.22. The van der Waals surface area contributed by atoms with E-state index < -0.39 is 13.8 Å². The highest BCUT2D eigenvalue weighted by Gasteiger charge is 2.26. The summed E-state index contributed by atoms with van der Waals surface area (Å²) < 4.78 is 21.8. The molecule has 0 rings (SSSR count). The minimum absolute atomic E-state index is 0.0721. The van der Waals surface area contributed by atoms with Crippen molar-refractivity contribution >= 4 is 13.8 Å². The van der Waals surface area contributed by atoms with E-state index in [0.29, 0.717) is 17.4 Å². The van der Waals surface area contributed by atoms with Crippen molar-refractivity contribution in [1.82, 2.24) is 0 Å². The number of carbonyl (C=O) groups is 1. The Labute approximate surface area is 185 Å². The first-order valence-electron chi connectivity index (χ1n) is 12.0. The largest absolute Gasteiger partial charge is 0.529 e. The van der Waals surface area contributed by atoms with Crippen molar-refractivity contribution in [3.63, 3.8) is 0 Å². The highest BCUT2D eigenvalue weighted by molar-refractivity contribution is 7.48. The van der Waals surface area contributed by atoms with Gasteiger partial charge >= 0.3 is 13.8 Å². The molecule has 6 nitrogen and oxygen atoms in total. The molecule has 0 fully saturated rings. The quantitative estimate of drug-likeness (QED) is 0.131. The van der Waals surface area contributed by atoms with Gasteiger partial charge in [0.25, 0.3) is 0 Å². The molecule has 7 heteroatoms. The number of hydrogen-bond acceptors (Lipinski definition) is 4. The average molecular weight is 451 g/mol. The Morgan fingerprint density at radius 3 is 1.70 bits per heavy atom. The molecule has 1 unspecified atom stereocenters. The molecular formula is C23H49NO5P+. The van der Waals surface area contributed by atoms with Crippen molar-refractivity contribution in [1.29, 1.82) is 0 Å². The fourth-order valence-corrected chi connectivity index (χ4v) is 3.93. The third-order valence-corrected chi connectivity index (χ3v) is 6.09. The standard InChI is InChI=1S/C23H48NO5P/c1-22(2)18-16-14-12-10-8-6-7-9-11-13-15-17-19-23(25)29-30(26,27)28-21-20-24(3,4)5/h22H,6-21H2,1-5H3/p+1. The first-order chi connectivity index (χ1) is 14.0. The second-order valence-electron chi connectivity index (χ2n) is 9.95. The molecule has 30 heavy (non-hydrogen) atoms. The lowest BCUT2D eigenvalue weighted by atomic mass is 10.0. The van der Waals surface area contributed by atoms with E-state index in [1.54, 1.807) is 0 Å². The van der Waals surface area contributed by atoms with Gasteiger partial charge in [0.2, 0.25) is 0 Å². The van der Waals surface area contributed by atoms with Crippen molar-refractivity contribution in [2.24, 2.45) is 5.92 Å². The maximum atomic E-state index is 11.8. The maximum absolute atomic E-state index is 11.8. The first-order valence-corrected chi connectivity index (χ1v) is 13.5. The summed E-state index contributed by atoms with van der Waals surface area (Å²) in [7, 11) is 1.57. The van der Waals surface area contributed by atoms with Gasteiger partial charge in [-0.05, 0) is 12.3 Å². The zero-order chi connectivity index (χ0) is 22.9. The topological polar surface area (TPSA) is 72.8 Å². The number of hydrogen-bond donors (Lipinski definition) is 1. The molecule has 0 aromatic carbocycles. The van der Waals surface area contributed by atoms with Crippen LogP contribution in [0, 0.1) is 5.92 Å². The number of unbranched alkanes of at least 4 members (excludes halogenated alkanes) is 11. The molecule has 0 aromatic rings. The van der Waals surface area contributed by atoms with Crippen LogP contribution in [0.3, 0.4) is 0 Å². The van der Waals surface area contributed by atoms with Crippen LogP contribution in [-0.4, -0.2) is 49.6 Å². The Morgan fingerprint density at radius 1 is 0.833 bits per heavy atom. The zero-order valence-electron chi connectivity index (χ0n) is 20.4. The van der Waals surface area contributed by atoms with E-state index in [-0.39, 0.29) is 13.0 Å². The molecule has 0 saturated carbocycles. The van der Waals surface area contributed by atoms with Gasteiger partial charge in [-0.25, -0.2) is 4.57 Å². The van der Waals surface area contributed by atoms with Gasteiger partial charge in [0.15, 0.2) is 0 Å². The summed E-state index contributed by atoms with van der Waals surface area (Å²) in [6.45, 7) is 5.22. The molecule has 0 aromatic heterocycles. The van der Waals surface area contributed by atoms with Gasteiger partial charge in [-0.3, -0.25) is 14.2 Å². The number of likely N-dealkylation sites (N-methyl/N-ethyl adjacent to an activating group) is 1. The molecule has 0 spiro atoms. The molecule has 0 aliphatic heterocycles. The van der Waals surface area contributed by atoms with E-state index in [1.807, 2.05) is 21.1 Å². The van der Waals surface area contributed by atoms with Gasteiger partial charge in [-0.15, -0.1) is 0 Å². The Kier molecular flexibility index (Phi) is 16.9. The monoisotopic (exact) mass is 450 g/mol. The lowest BCUT2D eigenvalue weighted by Crippen LogP contribution is -2.37. The number of rotatable bonds is 20. The van der Waals surface area contributed by atoms with Crippen molar-refractivity contribution in [2.45, 2.75) is 104 Å². The van der Waals surface area contributed by atoms with Gasteiger partial charge < -0.3 is 9.01 Å². The number of quaternary nitrogens is 1. The van der Waals surface area contributed by atoms with E-state index in [1.165, 1.54) is 64.2 Å². The van der Waals surface area contributed by atoms with E-state index in [4.69, 9.17) is 4.52 Å². The number of nitrogens with zero attached hydrogens (tertiary/aromatic N) is 1. The number of carbonyl (C=O) groups excluding carboxylic acids is 1. The van der Waals surface area contributed by atoms with Crippen LogP contribution >= 0.6 is 7.82 Å². The van der Waals surface area contributed by atoms with Gasteiger partial charge in [0.1, 0.15) is 13.2 Å². The van der Waals surface area contributed by atoms with Crippen LogP contribution in [-0.2, 0) is 18.4 Å². The Morgan fingerprint density at radius 2 is 1.27 bits per heavy atom. The zero-order valence-corrected chi connectivity index (χ0v) is 21.3. The summed E-state index contributed by atoms with van der Waals surface area (Å²) in [5, 5.41) is 0. The normalized spacial score (nSPS) is 14.1. The van der Waals surface area contributed by atoms with Gasteiger partial charge in [0, 0.05) is 6.42 Å². The molecule has 0 bridgehead atoms. The van der Waals surface area contributed by atoms with Crippen LogP contribution in [0.25, 0.3) is 0 Å². The summed E-state index contributed by atoms with van der Waals surface area (Å²) in [6, 6.07) is 0. The smallest absolute Gasteiger partial charge is 0.371 e. The average Bonchev–Trinajstić information content (AvgIpc) is 2.59. The minimum Gasteiger partial charge on any atom is -0.371 e. The molecule has 0 aliphatic carbocycles. The van der Waals surface area contributed by atoms with Crippen LogP contribution in [0.15, 0.2) is 0 Å². The highest BCUT2D eigenvalue weighted by Crippen LogP contribution is 2.43. The van der Waals surface area contributed by atoms with E-state index in [0.717, 1.165) is 18.8 Å². The lowest BCUT2D eigenvalue weighted by molar-refractivity contribution is -0.870. The van der Waals surface area contributed by atoms with E-state index in [9.17, 15) is 14.3 Å². The Hall–Kier alpha value is -0.420. The van der Waals surface area contributed by atoms with Crippen molar-refractivity contribution in [2.75, 3.05) is 34.3 Å². The summed E-state index contributed by atoms with van der Waals surface area (Å²) >= 11 is 0. The van der Waals surface area contributed by atoms with Crippen LogP contribution < -0.4 is 0 Å². The molecule has 1 N–H and O–H groups in total. The summed E-state index contributed by atoms with van der Waals surface area (Å²) in [5.41, 5.74) is 0. The highest BCUT2D eigenvalue weighted by atomic mass is 31.2. The third kappa shape index (κ3) is 22.3. The van der Waals surface area contributed by atoms with E-state index in [2.05, 4.69) is 18.4 Å². The predicted octanol–water partition coefficient (Wildman–Crippen LogP) is 6.47. The second kappa shape index (κ2) is 17.2. The van der Waals surface area contributed by atoms with Crippen LogP contribution in [0.5, 0.6) is 0 Å². The van der Waals surface area contributed by atoms with Crippen LogP contribution in [0.2, 0.25) is 0 Å². The second-order valence-corrected chi connectivity index (χ2v) is 11.3. The molecular weight excluding hydrogens is 401 g/mol. The van der Waals surface area contributed by atoms with E-state index >= 15 is 0 Å². The summed E-state index contributed by atoms with van der Waals surface area (Å²) in [6.07, 6.45) is 16.2. The van der Waals surface area contributed by atoms with Gasteiger partial charge in [0.05, 0.1) is 21.1 Å². The van der Waals surface area contributed by atoms with Crippen molar-refractivity contribution in [3.05, 3.63) is 0 Å². The number of phosphoric ester groups is 1. The Balaban J connectivity index is 3.47. The third-order valence-electron chi connectivity index (χ3n) is 5.15. The number of phosphoric acid groups is 1. The molecule has 0 heterocycles. The molecule has 180 valence electrons. The van der Waals surface area contributed by atoms with Crippen LogP contribution in [0.4, 0.5) is 0 Å². The maximum Gasteiger partial charge on any atom is 0.529 e. The SMILES string of the molecule is CC(C)CCCCCCCCCCCCCCC(=O)OP(=O)(O)OCC[N+](C)(C)C. The first kappa shape index (κ1) is 29.6. The summed E-state index contributed by atoms with van der Waals surface area (Å²) in [4.78, 5) is 21.3. The predicted molar refractivity (Wildman–Crippen MR) is 124 cm³/mol. The molecule has 1 atom stereocenters.